The molecule has 1 aromatic heterocycles. The van der Waals surface area contributed by atoms with Gasteiger partial charge in [0.2, 0.25) is 11.7 Å². The molecule has 0 saturated heterocycles. The summed E-state index contributed by atoms with van der Waals surface area (Å²) < 4.78 is 22.5. The van der Waals surface area contributed by atoms with Gasteiger partial charge >= 0.3 is 5.97 Å². The van der Waals surface area contributed by atoms with Crippen LogP contribution in [0.2, 0.25) is 0 Å². The molecule has 1 amide bonds. The summed E-state index contributed by atoms with van der Waals surface area (Å²) in [5, 5.41) is 26.6. The van der Waals surface area contributed by atoms with Gasteiger partial charge in [0.15, 0.2) is 11.5 Å². The number of imidazole rings is 1. The summed E-state index contributed by atoms with van der Waals surface area (Å²) in [5.74, 6) is -1.49. The monoisotopic (exact) mass is 699 g/mol. The summed E-state index contributed by atoms with van der Waals surface area (Å²) >= 11 is 0. The van der Waals surface area contributed by atoms with Gasteiger partial charge in [-0.05, 0) is 81.0 Å². The van der Waals surface area contributed by atoms with Crippen LogP contribution < -0.4 is 19.5 Å². The number of rotatable bonds is 9. The Labute approximate surface area is 296 Å². The van der Waals surface area contributed by atoms with Crippen LogP contribution in [0.5, 0.6) is 28.7 Å². The maximum atomic E-state index is 13.9. The summed E-state index contributed by atoms with van der Waals surface area (Å²) in [6.45, 7) is 3.53. The summed E-state index contributed by atoms with van der Waals surface area (Å²) in [4.78, 5) is 47.7. The number of phenols is 2. The second kappa shape index (κ2) is 16.5. The van der Waals surface area contributed by atoms with E-state index >= 15 is 0 Å². The molecule has 0 aliphatic carbocycles. The first-order valence-corrected chi connectivity index (χ1v) is 17.1. The number of aromatic amines is 1. The summed E-state index contributed by atoms with van der Waals surface area (Å²) in [5.41, 5.74) is 2.05. The van der Waals surface area contributed by atoms with Crippen molar-refractivity contribution in [3.05, 3.63) is 76.6 Å². The number of fused-ring (bicyclic) bond motifs is 2. The van der Waals surface area contributed by atoms with Gasteiger partial charge in [-0.1, -0.05) is 24.3 Å². The molecule has 0 bridgehead atoms. The minimum absolute atomic E-state index is 0.0562. The van der Waals surface area contributed by atoms with Crippen molar-refractivity contribution in [2.75, 3.05) is 21.3 Å². The lowest BCUT2D eigenvalue weighted by atomic mass is 9.84. The number of phenolic OH excluding ortho intramolecular Hbond substituents is 2. The van der Waals surface area contributed by atoms with Gasteiger partial charge < -0.3 is 39.5 Å². The molecular formula is C39H45N3O9. The van der Waals surface area contributed by atoms with Gasteiger partial charge in [0.25, 0.3) is 0 Å². The highest BCUT2D eigenvalue weighted by atomic mass is 16.5. The number of allylic oxidation sites excluding steroid dienone is 1. The zero-order valence-electron chi connectivity index (χ0n) is 29.6. The third kappa shape index (κ3) is 8.45. The lowest BCUT2D eigenvalue weighted by molar-refractivity contribution is -0.122. The van der Waals surface area contributed by atoms with E-state index in [1.807, 2.05) is 24.3 Å². The molecule has 12 nitrogen and oxygen atoms in total. The number of Topliss-reactive ketones (excluding diaryl/α,β-unsaturated/α-hetero) is 1. The minimum Gasteiger partial charge on any atom is -0.507 e. The first kappa shape index (κ1) is 36.8. The fourth-order valence-corrected chi connectivity index (χ4v) is 6.44. The molecule has 4 N–H and O–H groups in total. The second-order valence-electron chi connectivity index (χ2n) is 12.7. The molecule has 12 heteroatoms. The van der Waals surface area contributed by atoms with Crippen molar-refractivity contribution >= 4 is 34.8 Å². The number of methoxy groups -OCH3 is 3. The average molecular weight is 700 g/mol. The molecule has 0 saturated carbocycles. The van der Waals surface area contributed by atoms with E-state index in [9.17, 15) is 24.6 Å². The van der Waals surface area contributed by atoms with Crippen molar-refractivity contribution in [2.45, 2.75) is 76.9 Å². The number of aromatic hydroxyl groups is 2. The number of ketones is 1. The van der Waals surface area contributed by atoms with E-state index < -0.39 is 35.7 Å². The molecule has 0 fully saturated rings. The molecule has 3 aromatic carbocycles. The maximum absolute atomic E-state index is 13.9. The third-order valence-corrected chi connectivity index (χ3v) is 9.07. The predicted molar refractivity (Wildman–Crippen MR) is 192 cm³/mol. The summed E-state index contributed by atoms with van der Waals surface area (Å²) in [6.07, 6.45) is 5.65. The largest absolute Gasteiger partial charge is 0.507 e. The zero-order chi connectivity index (χ0) is 36.7. The van der Waals surface area contributed by atoms with Crippen LogP contribution in [0.1, 0.15) is 104 Å². The molecule has 4 aromatic rings. The van der Waals surface area contributed by atoms with Gasteiger partial charge in [0, 0.05) is 30.7 Å². The van der Waals surface area contributed by atoms with Crippen LogP contribution >= 0.6 is 0 Å². The number of hydrogen-bond acceptors (Lipinski definition) is 10. The number of cyclic esters (lactones) is 1. The van der Waals surface area contributed by atoms with Gasteiger partial charge in [0.05, 0.1) is 44.5 Å². The Balaban J connectivity index is 1.60. The zero-order valence-corrected chi connectivity index (χ0v) is 29.6. The van der Waals surface area contributed by atoms with E-state index in [1.54, 1.807) is 38.1 Å². The lowest BCUT2D eigenvalue weighted by Crippen LogP contribution is -2.29. The van der Waals surface area contributed by atoms with E-state index in [0.717, 1.165) is 11.0 Å². The number of nitrogens with zero attached hydrogens (tertiary/aromatic N) is 1. The number of benzene rings is 3. The fourth-order valence-electron chi connectivity index (χ4n) is 6.44. The van der Waals surface area contributed by atoms with E-state index in [-0.39, 0.29) is 34.6 Å². The fraction of sp³-hybridized carbons (Fsp3) is 0.385. The second-order valence-corrected chi connectivity index (χ2v) is 12.7. The van der Waals surface area contributed by atoms with Gasteiger partial charge in [-0.2, -0.15) is 0 Å². The Morgan fingerprint density at radius 1 is 1.04 bits per heavy atom. The van der Waals surface area contributed by atoms with E-state index in [4.69, 9.17) is 18.9 Å². The van der Waals surface area contributed by atoms with Crippen molar-refractivity contribution in [1.29, 1.82) is 0 Å². The SMILES string of the molecule is COc1cc(C(CC(=O)NC(C)c2nc3ccccc3[nH]2)c2c(O)cc3c(c2O)C(=O)OC(C)CCCC(=O)CCCC=C3)cc(OC)c1OC. The van der Waals surface area contributed by atoms with E-state index in [2.05, 4.69) is 15.3 Å². The first-order chi connectivity index (χ1) is 24.5. The number of aromatic nitrogens is 2. The number of carbonyl (C=O) groups excluding carboxylic acids is 3. The Morgan fingerprint density at radius 3 is 2.43 bits per heavy atom. The van der Waals surface area contributed by atoms with Crippen LogP contribution in [0.3, 0.4) is 0 Å². The van der Waals surface area contributed by atoms with Gasteiger partial charge in [-0.25, -0.2) is 9.78 Å². The molecule has 2 heterocycles. The summed E-state index contributed by atoms with van der Waals surface area (Å²) in [6, 6.07) is 11.7. The van der Waals surface area contributed by atoms with Gasteiger partial charge in [-0.3, -0.25) is 9.59 Å². The predicted octanol–water partition coefficient (Wildman–Crippen LogP) is 6.88. The standard InChI is InChI=1S/C39H45N3O9/c1-22-12-11-15-26(43)14-8-6-7-13-24-18-30(44)35(36(46)34(24)39(47)51-22)27(25-19-31(48-3)37(50-5)32(20-25)49-4)21-33(45)40-23(2)38-41-28-16-9-10-17-29(28)42-38/h7,9-10,13,16-20,22-23,27,44,46H,6,8,11-12,14-15,21H2,1-5H3,(H,40,45)(H,41,42). The molecular weight excluding hydrogens is 654 g/mol. The van der Waals surface area contributed by atoms with E-state index in [1.165, 1.54) is 27.4 Å². The Bertz CT molecular complexity index is 1870. The lowest BCUT2D eigenvalue weighted by Gasteiger charge is -2.25. The number of esters is 1. The maximum Gasteiger partial charge on any atom is 0.342 e. The first-order valence-electron chi connectivity index (χ1n) is 17.1. The van der Waals surface area contributed by atoms with Crippen LogP contribution in [0.25, 0.3) is 17.1 Å². The topological polar surface area (TPSA) is 169 Å². The molecule has 0 radical (unpaired) electrons. The van der Waals surface area contributed by atoms with Crippen molar-refractivity contribution in [3.8, 4) is 28.7 Å². The highest BCUT2D eigenvalue weighted by molar-refractivity contribution is 5.98. The van der Waals surface area contributed by atoms with Crippen molar-refractivity contribution in [2.24, 2.45) is 0 Å². The van der Waals surface area contributed by atoms with Gasteiger partial charge in [-0.15, -0.1) is 0 Å². The highest BCUT2D eigenvalue weighted by Gasteiger charge is 2.32. The van der Waals surface area contributed by atoms with Crippen molar-refractivity contribution in [3.63, 3.8) is 0 Å². The van der Waals surface area contributed by atoms with Crippen molar-refractivity contribution < 1.29 is 43.5 Å². The minimum atomic E-state index is -1.01. The molecule has 51 heavy (non-hydrogen) atoms. The van der Waals surface area contributed by atoms with Crippen LogP contribution in [-0.2, 0) is 14.3 Å². The molecule has 3 unspecified atom stereocenters. The number of carbonyl (C=O) groups is 3. The molecule has 3 atom stereocenters. The van der Waals surface area contributed by atoms with Crippen LogP contribution in [0.4, 0.5) is 0 Å². The molecule has 0 spiro atoms. The highest BCUT2D eigenvalue weighted by Crippen LogP contribution is 2.48. The smallest absolute Gasteiger partial charge is 0.342 e. The molecule has 1 aliphatic rings. The van der Waals surface area contributed by atoms with Crippen molar-refractivity contribution in [1.82, 2.24) is 15.3 Å². The Hall–Kier alpha value is -5.52. The average Bonchev–Trinajstić information content (AvgIpc) is 3.54. The molecule has 5 rings (SSSR count). The van der Waals surface area contributed by atoms with Crippen LogP contribution in [0, 0.1) is 0 Å². The summed E-state index contributed by atoms with van der Waals surface area (Å²) in [7, 11) is 4.38. The molecule has 270 valence electrons. The Morgan fingerprint density at radius 2 is 1.75 bits per heavy atom. The van der Waals surface area contributed by atoms with Crippen LogP contribution in [0.15, 0.2) is 48.5 Å². The number of ether oxygens (including phenoxy) is 4. The normalized spacial score (nSPS) is 16.8. The molecule has 1 aliphatic heterocycles. The van der Waals surface area contributed by atoms with Crippen LogP contribution in [-0.4, -0.2) is 65.3 Å². The third-order valence-electron chi connectivity index (χ3n) is 9.07. The number of para-hydroxylation sites is 2. The quantitative estimate of drug-likeness (QED) is 0.135. The number of H-pyrrole nitrogens is 1. The number of hydrogen-bond donors (Lipinski definition) is 4. The van der Waals surface area contributed by atoms with E-state index in [0.29, 0.717) is 67.2 Å². The number of nitrogens with one attached hydrogen (secondary N) is 2. The number of amides is 1. The van der Waals surface area contributed by atoms with Gasteiger partial charge in [0.1, 0.15) is 28.7 Å². The Kier molecular flexibility index (Phi) is 11.9.